The standard InChI is InChI=1S/C16H27NO2/c1-3-4-5-6-7-8-14(2)11-16(18)17-12-15-9-10-19-13-15/h7-8,11,15H,3-6,9-10,12-13H2,1-2H3,(H,17,18). The molecule has 1 heterocycles. The fourth-order valence-electron chi connectivity index (χ4n) is 2.08. The number of hydrogen-bond donors (Lipinski definition) is 1. The van der Waals surface area contributed by atoms with Crippen molar-refractivity contribution in [2.75, 3.05) is 19.8 Å². The molecular formula is C16H27NO2. The second-order valence-electron chi connectivity index (χ2n) is 5.26. The van der Waals surface area contributed by atoms with E-state index in [4.69, 9.17) is 4.74 Å². The molecule has 19 heavy (non-hydrogen) atoms. The molecule has 1 atom stereocenters. The first-order valence-electron chi connectivity index (χ1n) is 7.42. The van der Waals surface area contributed by atoms with Gasteiger partial charge in [0.25, 0.3) is 0 Å². The van der Waals surface area contributed by atoms with Crippen LogP contribution in [0.4, 0.5) is 0 Å². The summed E-state index contributed by atoms with van der Waals surface area (Å²) in [5.74, 6) is 0.491. The predicted octanol–water partition coefficient (Wildman–Crippen LogP) is 3.22. The third kappa shape index (κ3) is 7.83. The molecule has 1 aliphatic rings. The Hall–Kier alpha value is -1.09. The molecule has 1 N–H and O–H groups in total. The number of nitrogens with one attached hydrogen (secondary N) is 1. The number of ether oxygens (including phenoxy) is 1. The molecule has 1 amide bonds. The number of hydrogen-bond acceptors (Lipinski definition) is 2. The monoisotopic (exact) mass is 265 g/mol. The zero-order valence-corrected chi connectivity index (χ0v) is 12.3. The van der Waals surface area contributed by atoms with Gasteiger partial charge in [-0.1, -0.05) is 31.9 Å². The number of carbonyl (C=O) groups is 1. The summed E-state index contributed by atoms with van der Waals surface area (Å²) in [6.45, 7) is 6.50. The highest BCUT2D eigenvalue weighted by Crippen LogP contribution is 2.10. The van der Waals surface area contributed by atoms with Crippen molar-refractivity contribution in [1.29, 1.82) is 0 Å². The van der Waals surface area contributed by atoms with Gasteiger partial charge in [0.1, 0.15) is 0 Å². The average Bonchev–Trinajstić information content (AvgIpc) is 2.89. The van der Waals surface area contributed by atoms with Gasteiger partial charge in [-0.15, -0.1) is 0 Å². The van der Waals surface area contributed by atoms with Crippen LogP contribution in [0.1, 0.15) is 46.0 Å². The Bertz CT molecular complexity index is 315. The van der Waals surface area contributed by atoms with Gasteiger partial charge in [-0.25, -0.2) is 0 Å². The van der Waals surface area contributed by atoms with E-state index in [-0.39, 0.29) is 5.91 Å². The van der Waals surface area contributed by atoms with Gasteiger partial charge in [0.05, 0.1) is 6.61 Å². The van der Waals surface area contributed by atoms with Crippen molar-refractivity contribution in [2.45, 2.75) is 46.0 Å². The lowest BCUT2D eigenvalue weighted by Gasteiger charge is -2.07. The van der Waals surface area contributed by atoms with Gasteiger partial charge in [0.15, 0.2) is 0 Å². The molecule has 3 nitrogen and oxygen atoms in total. The van der Waals surface area contributed by atoms with Crippen molar-refractivity contribution in [2.24, 2.45) is 5.92 Å². The molecule has 1 saturated heterocycles. The third-order valence-electron chi connectivity index (χ3n) is 3.30. The maximum absolute atomic E-state index is 11.7. The van der Waals surface area contributed by atoms with Crippen LogP contribution in [0.15, 0.2) is 23.8 Å². The van der Waals surface area contributed by atoms with E-state index < -0.39 is 0 Å². The molecule has 0 saturated carbocycles. The normalized spacial score (nSPS) is 20.1. The van der Waals surface area contributed by atoms with Crippen LogP contribution < -0.4 is 5.32 Å². The maximum Gasteiger partial charge on any atom is 0.244 e. The van der Waals surface area contributed by atoms with E-state index >= 15 is 0 Å². The molecule has 0 aromatic carbocycles. The Labute approximate surface area is 117 Å². The highest BCUT2D eigenvalue weighted by molar-refractivity contribution is 5.88. The number of carbonyl (C=O) groups excluding carboxylic acids is 1. The Kier molecular flexibility index (Phi) is 8.23. The lowest BCUT2D eigenvalue weighted by molar-refractivity contribution is -0.116. The zero-order valence-electron chi connectivity index (χ0n) is 12.3. The van der Waals surface area contributed by atoms with E-state index in [1.807, 2.05) is 13.0 Å². The summed E-state index contributed by atoms with van der Waals surface area (Å²) in [7, 11) is 0. The van der Waals surface area contributed by atoms with Gasteiger partial charge < -0.3 is 10.1 Å². The van der Waals surface area contributed by atoms with Gasteiger partial charge in [-0.2, -0.15) is 0 Å². The summed E-state index contributed by atoms with van der Waals surface area (Å²) in [5, 5.41) is 2.94. The van der Waals surface area contributed by atoms with Gasteiger partial charge >= 0.3 is 0 Å². The molecule has 0 spiro atoms. The smallest absolute Gasteiger partial charge is 0.244 e. The van der Waals surface area contributed by atoms with Crippen LogP contribution in [0.2, 0.25) is 0 Å². The molecule has 0 radical (unpaired) electrons. The molecule has 108 valence electrons. The molecule has 0 aromatic heterocycles. The van der Waals surface area contributed by atoms with Gasteiger partial charge in [-0.05, 0) is 31.8 Å². The summed E-state index contributed by atoms with van der Waals surface area (Å²) in [4.78, 5) is 11.7. The molecule has 1 unspecified atom stereocenters. The number of amides is 1. The van der Waals surface area contributed by atoms with E-state index in [0.29, 0.717) is 5.92 Å². The Morgan fingerprint density at radius 2 is 2.26 bits per heavy atom. The van der Waals surface area contributed by atoms with Gasteiger partial charge in [0.2, 0.25) is 5.91 Å². The first-order chi connectivity index (χ1) is 9.22. The second-order valence-corrected chi connectivity index (χ2v) is 5.26. The van der Waals surface area contributed by atoms with E-state index in [0.717, 1.165) is 38.2 Å². The van der Waals surface area contributed by atoms with Crippen molar-refractivity contribution in [1.82, 2.24) is 5.32 Å². The largest absolute Gasteiger partial charge is 0.381 e. The average molecular weight is 265 g/mol. The van der Waals surface area contributed by atoms with Crippen LogP contribution >= 0.6 is 0 Å². The molecule has 0 aliphatic carbocycles. The SMILES string of the molecule is CCCCCC=CC(C)=CC(=O)NCC1CCOC1. The molecule has 1 rings (SSSR count). The fraction of sp³-hybridized carbons (Fsp3) is 0.688. The summed E-state index contributed by atoms with van der Waals surface area (Å²) in [6.07, 6.45) is 11.8. The highest BCUT2D eigenvalue weighted by atomic mass is 16.5. The van der Waals surface area contributed by atoms with Crippen LogP contribution in [0, 0.1) is 5.92 Å². The van der Waals surface area contributed by atoms with Crippen LogP contribution in [0.3, 0.4) is 0 Å². The van der Waals surface area contributed by atoms with Gasteiger partial charge in [0, 0.05) is 25.1 Å². The summed E-state index contributed by atoms with van der Waals surface area (Å²) < 4.78 is 5.28. The minimum atomic E-state index is 0.00241. The molecule has 0 aromatic rings. The third-order valence-corrected chi connectivity index (χ3v) is 3.30. The van der Waals surface area contributed by atoms with E-state index in [1.54, 1.807) is 6.08 Å². The Balaban J connectivity index is 2.18. The highest BCUT2D eigenvalue weighted by Gasteiger charge is 2.15. The lowest BCUT2D eigenvalue weighted by atomic mass is 10.1. The Morgan fingerprint density at radius 3 is 2.95 bits per heavy atom. The summed E-state index contributed by atoms with van der Waals surface area (Å²) >= 11 is 0. The molecule has 1 aliphatic heterocycles. The first-order valence-corrected chi connectivity index (χ1v) is 7.42. The lowest BCUT2D eigenvalue weighted by Crippen LogP contribution is -2.28. The number of rotatable bonds is 8. The summed E-state index contributed by atoms with van der Waals surface area (Å²) in [5.41, 5.74) is 1.01. The van der Waals surface area contributed by atoms with Gasteiger partial charge in [-0.3, -0.25) is 4.79 Å². The van der Waals surface area contributed by atoms with Crippen LogP contribution in [-0.2, 0) is 9.53 Å². The first kappa shape index (κ1) is 16.0. The second kappa shape index (κ2) is 9.79. The predicted molar refractivity (Wildman–Crippen MR) is 79.0 cm³/mol. The maximum atomic E-state index is 11.7. The van der Waals surface area contributed by atoms with Crippen LogP contribution in [0.5, 0.6) is 0 Å². The van der Waals surface area contributed by atoms with Crippen LogP contribution in [0.25, 0.3) is 0 Å². The zero-order chi connectivity index (χ0) is 13.9. The quantitative estimate of drug-likeness (QED) is 0.416. The number of allylic oxidation sites excluding steroid dienone is 3. The number of unbranched alkanes of at least 4 members (excludes halogenated alkanes) is 3. The minimum Gasteiger partial charge on any atom is -0.381 e. The summed E-state index contributed by atoms with van der Waals surface area (Å²) in [6, 6.07) is 0. The molecule has 3 heteroatoms. The van der Waals surface area contributed by atoms with Crippen molar-refractivity contribution in [3.05, 3.63) is 23.8 Å². The van der Waals surface area contributed by atoms with Crippen molar-refractivity contribution >= 4 is 5.91 Å². The Morgan fingerprint density at radius 1 is 1.42 bits per heavy atom. The fourth-order valence-corrected chi connectivity index (χ4v) is 2.08. The van der Waals surface area contributed by atoms with E-state index in [2.05, 4.69) is 18.3 Å². The molecular weight excluding hydrogens is 238 g/mol. The minimum absolute atomic E-state index is 0.00241. The van der Waals surface area contributed by atoms with E-state index in [9.17, 15) is 4.79 Å². The van der Waals surface area contributed by atoms with Crippen molar-refractivity contribution in [3.63, 3.8) is 0 Å². The van der Waals surface area contributed by atoms with Crippen molar-refractivity contribution < 1.29 is 9.53 Å². The molecule has 1 fully saturated rings. The topological polar surface area (TPSA) is 38.3 Å². The van der Waals surface area contributed by atoms with Crippen molar-refractivity contribution in [3.8, 4) is 0 Å². The van der Waals surface area contributed by atoms with Crippen LogP contribution in [-0.4, -0.2) is 25.7 Å². The molecule has 0 bridgehead atoms. The van der Waals surface area contributed by atoms with E-state index in [1.165, 1.54) is 19.3 Å².